The Bertz CT molecular complexity index is 758. The van der Waals surface area contributed by atoms with Crippen LogP contribution < -0.4 is 4.90 Å². The molecule has 1 saturated carbocycles. The van der Waals surface area contributed by atoms with Gasteiger partial charge in [-0.15, -0.1) is 0 Å². The lowest BCUT2D eigenvalue weighted by atomic mass is 10.0. The van der Waals surface area contributed by atoms with Crippen LogP contribution in [0.2, 0.25) is 5.15 Å². The molecule has 4 rings (SSSR count). The van der Waals surface area contributed by atoms with E-state index in [9.17, 15) is 4.39 Å². The Hall–Kier alpha value is -1.75. The highest BCUT2D eigenvalue weighted by atomic mass is 35.5. The number of pyridine rings is 1. The van der Waals surface area contributed by atoms with Crippen LogP contribution in [0.3, 0.4) is 0 Å². The molecule has 108 valence electrons. The highest BCUT2D eigenvalue weighted by molar-refractivity contribution is 6.29. The van der Waals surface area contributed by atoms with E-state index in [0.717, 1.165) is 30.6 Å². The summed E-state index contributed by atoms with van der Waals surface area (Å²) in [6.07, 6.45) is 4.03. The summed E-state index contributed by atoms with van der Waals surface area (Å²) < 4.78 is 14.5. The fourth-order valence-electron chi connectivity index (χ4n) is 3.15. The molecule has 0 atom stereocenters. The average molecular weight is 305 g/mol. The third kappa shape index (κ3) is 1.83. The monoisotopic (exact) mass is 304 g/mol. The second-order valence-electron chi connectivity index (χ2n) is 5.88. The van der Waals surface area contributed by atoms with Gasteiger partial charge in [-0.1, -0.05) is 11.6 Å². The van der Waals surface area contributed by atoms with Gasteiger partial charge in [-0.05, 0) is 32.8 Å². The summed E-state index contributed by atoms with van der Waals surface area (Å²) in [5.74, 6) is 0.548. The summed E-state index contributed by atoms with van der Waals surface area (Å²) in [7, 11) is 0. The Balaban J connectivity index is 1.91. The van der Waals surface area contributed by atoms with Gasteiger partial charge >= 0.3 is 0 Å². The highest BCUT2D eigenvalue weighted by Gasteiger charge is 2.53. The number of halogens is 2. The molecule has 2 aliphatic rings. The first-order valence-electron chi connectivity index (χ1n) is 6.94. The van der Waals surface area contributed by atoms with Gasteiger partial charge < -0.3 is 4.90 Å². The minimum absolute atomic E-state index is 0.103. The highest BCUT2D eigenvalue weighted by Crippen LogP contribution is 2.58. The number of anilines is 2. The standard InChI is InChI=1S/C15H14ClFN4/c1-8-13(17)14(20-9(2)19-8)21-7-15(3-4-15)10-6-18-12(16)5-11(10)21/h5-6H,3-4,7H2,1-2H3. The first-order chi connectivity index (χ1) is 10.00. The van der Waals surface area contributed by atoms with Gasteiger partial charge in [0.05, 0.1) is 11.4 Å². The van der Waals surface area contributed by atoms with Gasteiger partial charge in [-0.2, -0.15) is 0 Å². The predicted molar refractivity (Wildman–Crippen MR) is 78.6 cm³/mol. The molecule has 0 saturated heterocycles. The molecule has 6 heteroatoms. The smallest absolute Gasteiger partial charge is 0.187 e. The maximum absolute atomic E-state index is 14.5. The summed E-state index contributed by atoms with van der Waals surface area (Å²) >= 11 is 6.03. The Morgan fingerprint density at radius 1 is 1.29 bits per heavy atom. The molecule has 21 heavy (non-hydrogen) atoms. The van der Waals surface area contributed by atoms with Crippen molar-refractivity contribution >= 4 is 23.1 Å². The Morgan fingerprint density at radius 2 is 2.05 bits per heavy atom. The lowest BCUT2D eigenvalue weighted by Crippen LogP contribution is -2.22. The van der Waals surface area contributed by atoms with Crippen LogP contribution in [-0.4, -0.2) is 21.5 Å². The molecule has 0 unspecified atom stereocenters. The van der Waals surface area contributed by atoms with Crippen molar-refractivity contribution in [2.45, 2.75) is 32.1 Å². The lowest BCUT2D eigenvalue weighted by molar-refractivity contribution is 0.593. The van der Waals surface area contributed by atoms with Crippen molar-refractivity contribution in [1.82, 2.24) is 15.0 Å². The number of fused-ring (bicyclic) bond motifs is 2. The minimum atomic E-state index is -0.364. The zero-order valence-electron chi connectivity index (χ0n) is 11.8. The number of aromatic nitrogens is 3. The van der Waals surface area contributed by atoms with Gasteiger partial charge in [0.2, 0.25) is 0 Å². The molecule has 0 radical (unpaired) electrons. The molecule has 3 heterocycles. The molecule has 0 aromatic carbocycles. The van der Waals surface area contributed by atoms with Crippen molar-refractivity contribution in [2.24, 2.45) is 0 Å². The second-order valence-corrected chi connectivity index (χ2v) is 6.27. The fourth-order valence-corrected chi connectivity index (χ4v) is 3.30. The van der Waals surface area contributed by atoms with Gasteiger partial charge in [-0.25, -0.2) is 19.3 Å². The van der Waals surface area contributed by atoms with E-state index in [-0.39, 0.29) is 11.2 Å². The third-order valence-corrected chi connectivity index (χ3v) is 4.60. The zero-order valence-corrected chi connectivity index (χ0v) is 12.6. The molecular weight excluding hydrogens is 291 g/mol. The molecule has 2 aromatic rings. The summed E-state index contributed by atoms with van der Waals surface area (Å²) in [5, 5.41) is 0.416. The van der Waals surface area contributed by atoms with Crippen LogP contribution in [0.25, 0.3) is 0 Å². The summed E-state index contributed by atoms with van der Waals surface area (Å²) in [6.45, 7) is 4.17. The van der Waals surface area contributed by atoms with E-state index in [4.69, 9.17) is 11.6 Å². The number of nitrogens with zero attached hydrogens (tertiary/aromatic N) is 4. The summed E-state index contributed by atoms with van der Waals surface area (Å²) in [4.78, 5) is 14.5. The van der Waals surface area contributed by atoms with E-state index in [1.807, 2.05) is 11.1 Å². The minimum Gasteiger partial charge on any atom is -0.322 e. The van der Waals surface area contributed by atoms with E-state index in [0.29, 0.717) is 22.5 Å². The molecule has 0 bridgehead atoms. The van der Waals surface area contributed by atoms with Gasteiger partial charge in [0.15, 0.2) is 11.6 Å². The number of rotatable bonds is 1. The van der Waals surface area contributed by atoms with Crippen LogP contribution >= 0.6 is 11.6 Å². The summed E-state index contributed by atoms with van der Waals surface area (Å²) in [5.41, 5.74) is 2.55. The first-order valence-corrected chi connectivity index (χ1v) is 7.32. The van der Waals surface area contributed by atoms with Crippen LogP contribution in [0.4, 0.5) is 15.9 Å². The number of hydrogen-bond acceptors (Lipinski definition) is 4. The SMILES string of the molecule is Cc1nc(C)c(F)c(N2CC3(CC3)c3cnc(Cl)cc32)n1. The Kier molecular flexibility index (Phi) is 2.55. The Labute approximate surface area is 127 Å². The van der Waals surface area contributed by atoms with Crippen LogP contribution in [0.5, 0.6) is 0 Å². The zero-order chi connectivity index (χ0) is 14.8. The molecule has 1 aliphatic carbocycles. The average Bonchev–Trinajstić information content (AvgIpc) is 3.13. The largest absolute Gasteiger partial charge is 0.322 e. The maximum Gasteiger partial charge on any atom is 0.187 e. The lowest BCUT2D eigenvalue weighted by Gasteiger charge is -2.20. The molecule has 0 N–H and O–H groups in total. The van der Waals surface area contributed by atoms with Crippen LogP contribution in [0.1, 0.15) is 29.9 Å². The topological polar surface area (TPSA) is 41.9 Å². The van der Waals surface area contributed by atoms with Gasteiger partial charge in [0.25, 0.3) is 0 Å². The molecule has 2 aromatic heterocycles. The third-order valence-electron chi connectivity index (χ3n) is 4.39. The normalized spacial score (nSPS) is 18.2. The van der Waals surface area contributed by atoms with Crippen LogP contribution in [0, 0.1) is 19.7 Å². The van der Waals surface area contributed by atoms with Crippen molar-refractivity contribution < 1.29 is 4.39 Å². The van der Waals surface area contributed by atoms with E-state index in [1.54, 1.807) is 19.9 Å². The number of aryl methyl sites for hydroxylation is 2. The fraction of sp³-hybridized carbons (Fsp3) is 0.400. The molecular formula is C15H14ClFN4. The van der Waals surface area contributed by atoms with E-state index in [2.05, 4.69) is 15.0 Å². The van der Waals surface area contributed by atoms with Crippen molar-refractivity contribution in [3.05, 3.63) is 40.3 Å². The predicted octanol–water partition coefficient (Wildman–Crippen LogP) is 3.46. The molecule has 4 nitrogen and oxygen atoms in total. The quantitative estimate of drug-likeness (QED) is 0.757. The van der Waals surface area contributed by atoms with E-state index >= 15 is 0 Å². The summed E-state index contributed by atoms with van der Waals surface area (Å²) in [6, 6.07) is 1.80. The van der Waals surface area contributed by atoms with Gasteiger partial charge in [0.1, 0.15) is 11.0 Å². The molecule has 1 spiro atoms. The van der Waals surface area contributed by atoms with Crippen LogP contribution in [0.15, 0.2) is 12.3 Å². The van der Waals surface area contributed by atoms with Gasteiger partial charge in [-0.3, -0.25) is 0 Å². The maximum atomic E-state index is 14.5. The van der Waals surface area contributed by atoms with Crippen molar-refractivity contribution in [3.8, 4) is 0 Å². The van der Waals surface area contributed by atoms with E-state index < -0.39 is 0 Å². The van der Waals surface area contributed by atoms with Crippen molar-refractivity contribution in [1.29, 1.82) is 0 Å². The second kappa shape index (κ2) is 4.13. The van der Waals surface area contributed by atoms with Crippen molar-refractivity contribution in [3.63, 3.8) is 0 Å². The van der Waals surface area contributed by atoms with Gasteiger partial charge in [0, 0.05) is 23.7 Å². The molecule has 1 aliphatic heterocycles. The van der Waals surface area contributed by atoms with Crippen LogP contribution in [-0.2, 0) is 5.41 Å². The molecule has 1 fully saturated rings. The first kappa shape index (κ1) is 13.0. The number of hydrogen-bond donors (Lipinski definition) is 0. The van der Waals surface area contributed by atoms with E-state index in [1.165, 1.54) is 0 Å². The molecule has 0 amide bonds. The van der Waals surface area contributed by atoms with Crippen molar-refractivity contribution in [2.75, 3.05) is 11.4 Å². The Morgan fingerprint density at radius 3 is 2.76 bits per heavy atom.